The van der Waals surface area contributed by atoms with E-state index in [0.717, 1.165) is 0 Å². The number of hydrogen-bond acceptors (Lipinski definition) is 5. The highest BCUT2D eigenvalue weighted by atomic mass is 35.5. The van der Waals surface area contributed by atoms with E-state index in [2.05, 4.69) is 21.5 Å². The van der Waals surface area contributed by atoms with E-state index < -0.39 is 11.8 Å². The second kappa shape index (κ2) is 10.6. The van der Waals surface area contributed by atoms with E-state index in [1.54, 1.807) is 18.2 Å². The van der Waals surface area contributed by atoms with E-state index >= 15 is 0 Å². The Bertz CT molecular complexity index is 938. The molecule has 0 aliphatic carbocycles. The van der Waals surface area contributed by atoms with Crippen LogP contribution in [0.3, 0.4) is 0 Å². The second-order valence-electron chi connectivity index (χ2n) is 5.58. The van der Waals surface area contributed by atoms with Crippen molar-refractivity contribution in [2.75, 3.05) is 11.9 Å². The van der Waals surface area contributed by atoms with Gasteiger partial charge in [-0.3, -0.25) is 30.6 Å². The monoisotopic (exact) mass is 454 g/mol. The number of carbonyl (C=O) groups is 3. The van der Waals surface area contributed by atoms with E-state index in [1.807, 2.05) is 0 Å². The molecular formula is C18H16Cl2N4O4S. The normalized spacial score (nSPS) is 9.90. The average molecular weight is 455 g/mol. The highest BCUT2D eigenvalue weighted by Gasteiger charge is 2.10. The fraction of sp³-hybridized carbons (Fsp3) is 0.111. The van der Waals surface area contributed by atoms with Crippen LogP contribution in [-0.4, -0.2) is 29.4 Å². The SMILES string of the molecule is CC(=O)Nc1ccc(C(=O)NNC(=S)NC(=O)COc2ccc(Cl)cc2Cl)cc1. The summed E-state index contributed by atoms with van der Waals surface area (Å²) in [6.07, 6.45) is 0. The number of hydrazine groups is 1. The zero-order chi connectivity index (χ0) is 21.4. The Kier molecular flexibility index (Phi) is 8.20. The minimum atomic E-state index is -0.553. The Morgan fingerprint density at radius 3 is 2.34 bits per heavy atom. The third-order valence-electron chi connectivity index (χ3n) is 3.26. The van der Waals surface area contributed by atoms with Gasteiger partial charge in [-0.25, -0.2) is 0 Å². The highest BCUT2D eigenvalue weighted by Crippen LogP contribution is 2.27. The van der Waals surface area contributed by atoms with E-state index in [9.17, 15) is 14.4 Å². The maximum atomic E-state index is 12.1. The summed E-state index contributed by atoms with van der Waals surface area (Å²) >= 11 is 16.7. The van der Waals surface area contributed by atoms with Gasteiger partial charge in [0.2, 0.25) is 5.91 Å². The van der Waals surface area contributed by atoms with E-state index in [4.69, 9.17) is 40.2 Å². The summed E-state index contributed by atoms with van der Waals surface area (Å²) in [5.41, 5.74) is 5.63. The number of ether oxygens (including phenoxy) is 1. The van der Waals surface area contributed by atoms with Crippen LogP contribution in [0.1, 0.15) is 17.3 Å². The molecule has 0 unspecified atom stereocenters. The fourth-order valence-electron chi connectivity index (χ4n) is 2.02. The second-order valence-corrected chi connectivity index (χ2v) is 6.83. The molecule has 8 nitrogen and oxygen atoms in total. The van der Waals surface area contributed by atoms with Crippen molar-refractivity contribution in [3.8, 4) is 5.75 Å². The quantitative estimate of drug-likeness (QED) is 0.408. The summed E-state index contributed by atoms with van der Waals surface area (Å²) < 4.78 is 5.28. The molecule has 0 aliphatic heterocycles. The van der Waals surface area contributed by atoms with Crippen molar-refractivity contribution < 1.29 is 19.1 Å². The first kappa shape index (κ1) is 22.4. The predicted molar refractivity (Wildman–Crippen MR) is 114 cm³/mol. The maximum absolute atomic E-state index is 12.1. The van der Waals surface area contributed by atoms with Gasteiger partial charge in [0.15, 0.2) is 11.7 Å². The summed E-state index contributed by atoms with van der Waals surface area (Å²) in [6.45, 7) is 1.04. The molecule has 4 N–H and O–H groups in total. The van der Waals surface area contributed by atoms with Gasteiger partial charge < -0.3 is 10.1 Å². The number of nitrogens with one attached hydrogen (secondary N) is 4. The van der Waals surface area contributed by atoms with Crippen molar-refractivity contribution in [2.24, 2.45) is 0 Å². The lowest BCUT2D eigenvalue weighted by Gasteiger charge is -2.12. The Labute approximate surface area is 181 Å². The molecule has 0 bridgehead atoms. The summed E-state index contributed by atoms with van der Waals surface area (Å²) in [4.78, 5) is 34.9. The standard InChI is InChI=1S/C18H16Cl2N4O4S/c1-10(25)21-13-5-2-11(3-6-13)17(27)23-24-18(29)22-16(26)9-28-15-7-4-12(19)8-14(15)20/h2-8H,9H2,1H3,(H,21,25)(H,23,27)(H2,22,24,26,29). The van der Waals surface area contributed by atoms with Crippen LogP contribution in [0.2, 0.25) is 10.0 Å². The van der Waals surface area contributed by atoms with Gasteiger partial charge in [-0.15, -0.1) is 0 Å². The first-order valence-corrected chi connectivity index (χ1v) is 9.26. The molecule has 0 radical (unpaired) electrons. The fourth-order valence-corrected chi connectivity index (χ4v) is 2.65. The van der Waals surface area contributed by atoms with Crippen LogP contribution in [0.25, 0.3) is 0 Å². The number of amides is 3. The first-order valence-electron chi connectivity index (χ1n) is 8.10. The molecule has 2 rings (SSSR count). The molecule has 0 aromatic heterocycles. The van der Waals surface area contributed by atoms with Crippen molar-refractivity contribution in [3.05, 3.63) is 58.1 Å². The van der Waals surface area contributed by atoms with Gasteiger partial charge >= 0.3 is 0 Å². The molecule has 2 aromatic carbocycles. The van der Waals surface area contributed by atoms with Gasteiger partial charge in [0.25, 0.3) is 11.8 Å². The average Bonchev–Trinajstić information content (AvgIpc) is 2.65. The number of thiocarbonyl (C=S) groups is 1. The summed E-state index contributed by atoms with van der Waals surface area (Å²) in [7, 11) is 0. The Morgan fingerprint density at radius 2 is 1.72 bits per heavy atom. The smallest absolute Gasteiger partial charge is 0.269 e. The molecule has 3 amide bonds. The number of hydrogen-bond donors (Lipinski definition) is 4. The van der Waals surface area contributed by atoms with Crippen molar-refractivity contribution in [1.82, 2.24) is 16.2 Å². The van der Waals surface area contributed by atoms with Crippen LogP contribution < -0.4 is 26.2 Å². The lowest BCUT2D eigenvalue weighted by atomic mass is 10.2. The largest absolute Gasteiger partial charge is 0.482 e. The van der Waals surface area contributed by atoms with Crippen LogP contribution >= 0.6 is 35.4 Å². The van der Waals surface area contributed by atoms with E-state index in [0.29, 0.717) is 22.0 Å². The molecule has 0 atom stereocenters. The highest BCUT2D eigenvalue weighted by molar-refractivity contribution is 7.80. The van der Waals surface area contributed by atoms with Gasteiger partial charge in [-0.2, -0.15) is 0 Å². The van der Waals surface area contributed by atoms with Crippen molar-refractivity contribution in [1.29, 1.82) is 0 Å². The van der Waals surface area contributed by atoms with Gasteiger partial charge in [-0.05, 0) is 54.7 Å². The zero-order valence-corrected chi connectivity index (χ0v) is 17.4. The minimum Gasteiger partial charge on any atom is -0.482 e. The number of rotatable bonds is 5. The van der Waals surface area contributed by atoms with Gasteiger partial charge in [-0.1, -0.05) is 23.2 Å². The molecule has 2 aromatic rings. The molecular weight excluding hydrogens is 439 g/mol. The number of benzene rings is 2. The van der Waals surface area contributed by atoms with Crippen LogP contribution in [0, 0.1) is 0 Å². The van der Waals surface area contributed by atoms with E-state index in [1.165, 1.54) is 31.2 Å². The first-order chi connectivity index (χ1) is 13.7. The molecule has 0 heterocycles. The van der Waals surface area contributed by atoms with Gasteiger partial charge in [0, 0.05) is 23.2 Å². The molecule has 11 heteroatoms. The number of anilines is 1. The topological polar surface area (TPSA) is 109 Å². The molecule has 0 spiro atoms. The molecule has 0 saturated heterocycles. The molecule has 0 aliphatic rings. The molecule has 29 heavy (non-hydrogen) atoms. The number of carbonyl (C=O) groups excluding carboxylic acids is 3. The lowest BCUT2D eigenvalue weighted by Crippen LogP contribution is -2.49. The molecule has 0 saturated carbocycles. The summed E-state index contributed by atoms with van der Waals surface area (Å²) in [5, 5.41) is 5.52. The van der Waals surface area contributed by atoms with Crippen LogP contribution in [-0.2, 0) is 9.59 Å². The molecule has 152 valence electrons. The maximum Gasteiger partial charge on any atom is 0.269 e. The summed E-state index contributed by atoms with van der Waals surface area (Å²) in [5.74, 6) is -0.962. The van der Waals surface area contributed by atoms with E-state index in [-0.39, 0.29) is 22.6 Å². The predicted octanol–water partition coefficient (Wildman–Crippen LogP) is 2.67. The Hall–Kier alpha value is -2.88. The third-order valence-corrected chi connectivity index (χ3v) is 4.00. The van der Waals surface area contributed by atoms with Crippen molar-refractivity contribution in [3.63, 3.8) is 0 Å². The lowest BCUT2D eigenvalue weighted by molar-refractivity contribution is -0.121. The van der Waals surface area contributed by atoms with Crippen molar-refractivity contribution in [2.45, 2.75) is 6.92 Å². The van der Waals surface area contributed by atoms with Crippen molar-refractivity contribution >= 4 is 63.9 Å². The Morgan fingerprint density at radius 1 is 1.03 bits per heavy atom. The third kappa shape index (κ3) is 7.57. The van der Waals surface area contributed by atoms with Crippen LogP contribution in [0.5, 0.6) is 5.75 Å². The van der Waals surface area contributed by atoms with Crippen LogP contribution in [0.4, 0.5) is 5.69 Å². The zero-order valence-electron chi connectivity index (χ0n) is 15.0. The van der Waals surface area contributed by atoms with Crippen LogP contribution in [0.15, 0.2) is 42.5 Å². The minimum absolute atomic E-state index is 0.121. The number of halogens is 2. The van der Waals surface area contributed by atoms with Gasteiger partial charge in [0.1, 0.15) is 5.75 Å². The Balaban J connectivity index is 1.76. The molecule has 0 fully saturated rings. The summed E-state index contributed by atoms with van der Waals surface area (Å²) in [6, 6.07) is 10.8. The van der Waals surface area contributed by atoms with Gasteiger partial charge in [0.05, 0.1) is 5.02 Å².